The first-order valence-corrected chi connectivity index (χ1v) is 8.46. The van der Waals surface area contributed by atoms with Crippen LogP contribution in [0.25, 0.3) is 0 Å². The highest BCUT2D eigenvalue weighted by Gasteiger charge is 2.15. The van der Waals surface area contributed by atoms with Crippen molar-refractivity contribution in [2.45, 2.75) is 33.2 Å². The summed E-state index contributed by atoms with van der Waals surface area (Å²) in [6, 6.07) is 7.85. The molecule has 0 aliphatic carbocycles. The second-order valence-electron chi connectivity index (χ2n) is 4.52. The van der Waals surface area contributed by atoms with Crippen molar-refractivity contribution in [1.29, 1.82) is 0 Å². The topological polar surface area (TPSA) is 34.9 Å². The molecule has 0 N–H and O–H groups in total. The van der Waals surface area contributed by atoms with Gasteiger partial charge >= 0.3 is 0 Å². The molecule has 0 spiro atoms. The number of Topliss-reactive ketones (excluding diaryl/α,β-unsaturated/α-hetero) is 1. The standard InChI is InChI=1S/C15H16BrIN2O/c1-3-11-8-12(19(4-2)18-11)9-15(20)13-7-10(17)5-6-14(13)16/h5-8H,3-4,9H2,1-2H3. The van der Waals surface area contributed by atoms with Gasteiger partial charge in [-0.15, -0.1) is 0 Å². The molecular formula is C15H16BrIN2O. The lowest BCUT2D eigenvalue weighted by atomic mass is 10.1. The van der Waals surface area contributed by atoms with Gasteiger partial charge in [-0.2, -0.15) is 5.10 Å². The molecular weight excluding hydrogens is 431 g/mol. The van der Waals surface area contributed by atoms with Crippen LogP contribution in [0, 0.1) is 3.57 Å². The van der Waals surface area contributed by atoms with Gasteiger partial charge in [0.25, 0.3) is 0 Å². The molecule has 0 aliphatic heterocycles. The molecule has 2 rings (SSSR count). The molecule has 0 fully saturated rings. The summed E-state index contributed by atoms with van der Waals surface area (Å²) in [6.07, 6.45) is 1.28. The van der Waals surface area contributed by atoms with Crippen molar-refractivity contribution in [3.8, 4) is 0 Å². The first-order chi connectivity index (χ1) is 9.55. The number of aromatic nitrogens is 2. The highest BCUT2D eigenvalue weighted by Crippen LogP contribution is 2.21. The highest BCUT2D eigenvalue weighted by atomic mass is 127. The monoisotopic (exact) mass is 446 g/mol. The molecule has 0 aliphatic rings. The number of aryl methyl sites for hydroxylation is 2. The normalized spacial score (nSPS) is 10.8. The van der Waals surface area contributed by atoms with E-state index >= 15 is 0 Å². The van der Waals surface area contributed by atoms with Gasteiger partial charge in [-0.05, 0) is 60.2 Å². The van der Waals surface area contributed by atoms with Crippen molar-refractivity contribution in [3.05, 3.63) is 49.3 Å². The smallest absolute Gasteiger partial charge is 0.169 e. The molecule has 20 heavy (non-hydrogen) atoms. The summed E-state index contributed by atoms with van der Waals surface area (Å²) in [4.78, 5) is 12.5. The van der Waals surface area contributed by atoms with Gasteiger partial charge in [0.1, 0.15) is 0 Å². The fourth-order valence-electron chi connectivity index (χ4n) is 2.07. The Labute approximate surface area is 141 Å². The molecule has 106 valence electrons. The maximum absolute atomic E-state index is 12.5. The Morgan fingerprint density at radius 1 is 1.35 bits per heavy atom. The van der Waals surface area contributed by atoms with Crippen molar-refractivity contribution in [1.82, 2.24) is 9.78 Å². The lowest BCUT2D eigenvalue weighted by molar-refractivity contribution is 0.0989. The van der Waals surface area contributed by atoms with Gasteiger partial charge < -0.3 is 0 Å². The molecule has 0 radical (unpaired) electrons. The van der Waals surface area contributed by atoms with E-state index in [1.54, 1.807) is 0 Å². The quantitative estimate of drug-likeness (QED) is 0.508. The lowest BCUT2D eigenvalue weighted by Gasteiger charge is -2.06. The van der Waals surface area contributed by atoms with Crippen molar-refractivity contribution in [2.24, 2.45) is 0 Å². The molecule has 0 amide bonds. The summed E-state index contributed by atoms with van der Waals surface area (Å²) in [7, 11) is 0. The van der Waals surface area contributed by atoms with Crippen LogP contribution in [0.2, 0.25) is 0 Å². The number of halogens is 2. The van der Waals surface area contributed by atoms with Gasteiger partial charge in [0.15, 0.2) is 5.78 Å². The second-order valence-corrected chi connectivity index (χ2v) is 6.62. The summed E-state index contributed by atoms with van der Waals surface area (Å²) >= 11 is 5.67. The number of carbonyl (C=O) groups is 1. The molecule has 0 atom stereocenters. The maximum atomic E-state index is 12.5. The van der Waals surface area contributed by atoms with Crippen molar-refractivity contribution < 1.29 is 4.79 Å². The average molecular weight is 447 g/mol. The fraction of sp³-hybridized carbons (Fsp3) is 0.333. The summed E-state index contributed by atoms with van der Waals surface area (Å²) in [5.74, 6) is 0.118. The minimum absolute atomic E-state index is 0.118. The Morgan fingerprint density at radius 2 is 2.10 bits per heavy atom. The van der Waals surface area contributed by atoms with E-state index in [0.29, 0.717) is 6.42 Å². The van der Waals surface area contributed by atoms with Crippen LogP contribution >= 0.6 is 38.5 Å². The first kappa shape index (κ1) is 15.7. The van der Waals surface area contributed by atoms with E-state index in [1.165, 1.54) is 0 Å². The van der Waals surface area contributed by atoms with Crippen molar-refractivity contribution >= 4 is 44.3 Å². The SMILES string of the molecule is CCc1cc(CC(=O)c2cc(I)ccc2Br)n(CC)n1. The van der Waals surface area contributed by atoms with Gasteiger partial charge in [0.05, 0.1) is 12.1 Å². The number of ketones is 1. The summed E-state index contributed by atoms with van der Waals surface area (Å²) in [6.45, 7) is 4.90. The lowest BCUT2D eigenvalue weighted by Crippen LogP contribution is -2.10. The van der Waals surface area contributed by atoms with Crippen LogP contribution in [0.4, 0.5) is 0 Å². The Kier molecular flexibility index (Phi) is 5.37. The Bertz CT molecular complexity index is 637. The van der Waals surface area contributed by atoms with Gasteiger partial charge in [-0.25, -0.2) is 0 Å². The third kappa shape index (κ3) is 3.49. The Balaban J connectivity index is 2.27. The van der Waals surface area contributed by atoms with Crippen molar-refractivity contribution in [3.63, 3.8) is 0 Å². The summed E-state index contributed by atoms with van der Waals surface area (Å²) < 4.78 is 3.83. The fourth-order valence-corrected chi connectivity index (χ4v) is 3.03. The zero-order chi connectivity index (χ0) is 14.7. The van der Waals surface area contributed by atoms with E-state index in [9.17, 15) is 4.79 Å². The molecule has 1 aromatic heterocycles. The van der Waals surface area contributed by atoms with E-state index < -0.39 is 0 Å². The zero-order valence-electron chi connectivity index (χ0n) is 11.5. The predicted octanol–water partition coefficient (Wildman–Crippen LogP) is 4.26. The van der Waals surface area contributed by atoms with Gasteiger partial charge in [0, 0.05) is 25.8 Å². The van der Waals surface area contributed by atoms with Gasteiger partial charge in [-0.3, -0.25) is 9.48 Å². The van der Waals surface area contributed by atoms with E-state index in [4.69, 9.17) is 0 Å². The van der Waals surface area contributed by atoms with Crippen LogP contribution < -0.4 is 0 Å². The van der Waals surface area contributed by atoms with E-state index in [2.05, 4.69) is 50.5 Å². The minimum atomic E-state index is 0.118. The molecule has 0 bridgehead atoms. The third-order valence-electron chi connectivity index (χ3n) is 3.15. The summed E-state index contributed by atoms with van der Waals surface area (Å²) in [5.41, 5.74) is 2.76. The molecule has 2 aromatic rings. The molecule has 1 heterocycles. The Morgan fingerprint density at radius 3 is 2.75 bits per heavy atom. The highest BCUT2D eigenvalue weighted by molar-refractivity contribution is 14.1. The van der Waals surface area contributed by atoms with Gasteiger partial charge in [0.2, 0.25) is 0 Å². The maximum Gasteiger partial charge on any atom is 0.169 e. The van der Waals surface area contributed by atoms with Crippen molar-refractivity contribution in [2.75, 3.05) is 0 Å². The molecule has 3 nitrogen and oxygen atoms in total. The summed E-state index contributed by atoms with van der Waals surface area (Å²) in [5, 5.41) is 4.49. The predicted molar refractivity (Wildman–Crippen MR) is 92.2 cm³/mol. The van der Waals surface area contributed by atoms with Crippen LogP contribution in [0.5, 0.6) is 0 Å². The molecule has 0 unspecified atom stereocenters. The van der Waals surface area contributed by atoms with Crippen LogP contribution in [0.3, 0.4) is 0 Å². The largest absolute Gasteiger partial charge is 0.294 e. The second kappa shape index (κ2) is 6.85. The van der Waals surface area contributed by atoms with Gasteiger partial charge in [-0.1, -0.05) is 22.9 Å². The first-order valence-electron chi connectivity index (χ1n) is 6.59. The van der Waals surface area contributed by atoms with Crippen LogP contribution in [-0.2, 0) is 19.4 Å². The molecule has 0 saturated heterocycles. The zero-order valence-corrected chi connectivity index (χ0v) is 15.2. The van der Waals surface area contributed by atoms with Crippen LogP contribution in [0.1, 0.15) is 35.6 Å². The number of carbonyl (C=O) groups excluding carboxylic acids is 1. The third-order valence-corrected chi connectivity index (χ3v) is 4.51. The number of nitrogens with zero attached hydrogens (tertiary/aromatic N) is 2. The number of benzene rings is 1. The van der Waals surface area contributed by atoms with E-state index in [0.717, 1.165) is 38.0 Å². The number of hydrogen-bond acceptors (Lipinski definition) is 2. The minimum Gasteiger partial charge on any atom is -0.294 e. The van der Waals surface area contributed by atoms with E-state index in [-0.39, 0.29) is 5.78 Å². The van der Waals surface area contributed by atoms with Crippen LogP contribution in [-0.4, -0.2) is 15.6 Å². The molecule has 1 aromatic carbocycles. The average Bonchev–Trinajstić information content (AvgIpc) is 2.83. The molecule has 5 heteroatoms. The van der Waals surface area contributed by atoms with Crippen LogP contribution in [0.15, 0.2) is 28.7 Å². The molecule has 0 saturated carbocycles. The van der Waals surface area contributed by atoms with E-state index in [1.807, 2.05) is 35.9 Å². The Hall–Kier alpha value is -0.690. The number of rotatable bonds is 5. The number of hydrogen-bond donors (Lipinski definition) is 0.